The molecule has 1 atom stereocenters. The SMILES string of the molecule is N#Cc1cnc2c(cnn2-c2cc(NC3CCCC3)c(C(=O)NC3CCC(CCN4CCN(c5ccc6c(c5)C(=O)N(C5CCC(=O)NC5=O)C6=O)CC4)CC3)cn2)c1. The van der Waals surface area contributed by atoms with E-state index in [0.29, 0.717) is 39.6 Å². The zero-order chi connectivity index (χ0) is 40.6. The average molecular weight is 798 g/mol. The molecule has 0 radical (unpaired) electrons. The number of piperazine rings is 1. The van der Waals surface area contributed by atoms with Gasteiger partial charge in [0.1, 0.15) is 12.1 Å². The van der Waals surface area contributed by atoms with E-state index >= 15 is 0 Å². The smallest absolute Gasteiger partial charge is 0.262 e. The van der Waals surface area contributed by atoms with Gasteiger partial charge >= 0.3 is 0 Å². The molecular weight excluding hydrogens is 751 g/mol. The maximum Gasteiger partial charge on any atom is 0.262 e. The topological polar surface area (TPSA) is 199 Å². The summed E-state index contributed by atoms with van der Waals surface area (Å²) in [7, 11) is 0. The van der Waals surface area contributed by atoms with Crippen LogP contribution in [0.4, 0.5) is 11.4 Å². The van der Waals surface area contributed by atoms with Crippen LogP contribution in [0.1, 0.15) is 107 Å². The van der Waals surface area contributed by atoms with Gasteiger partial charge in [-0.1, -0.05) is 12.8 Å². The number of piperidine rings is 1. The number of pyridine rings is 2. The molecule has 1 aromatic carbocycles. The van der Waals surface area contributed by atoms with Gasteiger partial charge < -0.3 is 15.5 Å². The van der Waals surface area contributed by atoms with Crippen molar-refractivity contribution in [3.8, 4) is 11.9 Å². The van der Waals surface area contributed by atoms with Gasteiger partial charge in [-0.2, -0.15) is 15.0 Å². The number of benzene rings is 1. The number of nitrogens with zero attached hydrogens (tertiary/aromatic N) is 8. The van der Waals surface area contributed by atoms with Gasteiger partial charge in [0.05, 0.1) is 34.1 Å². The molecule has 3 N–H and O–H groups in total. The third-order valence-electron chi connectivity index (χ3n) is 12.8. The van der Waals surface area contributed by atoms with Crippen molar-refractivity contribution in [1.29, 1.82) is 5.26 Å². The fourth-order valence-corrected chi connectivity index (χ4v) is 9.41. The highest BCUT2D eigenvalue weighted by molar-refractivity contribution is 6.23. The van der Waals surface area contributed by atoms with E-state index in [1.807, 2.05) is 12.1 Å². The van der Waals surface area contributed by atoms with Gasteiger partial charge in [0.2, 0.25) is 11.8 Å². The molecule has 16 heteroatoms. The number of imide groups is 2. The summed E-state index contributed by atoms with van der Waals surface area (Å²) in [6.45, 7) is 4.36. The Hall–Kier alpha value is -6.21. The van der Waals surface area contributed by atoms with Gasteiger partial charge in [-0.15, -0.1) is 0 Å². The van der Waals surface area contributed by atoms with Crippen LogP contribution in [0.25, 0.3) is 16.9 Å². The summed E-state index contributed by atoms with van der Waals surface area (Å²) in [5, 5.41) is 23.7. The molecule has 0 bridgehead atoms. The minimum absolute atomic E-state index is 0.0890. The lowest BCUT2D eigenvalue weighted by Gasteiger charge is -2.37. The number of hydrogen-bond donors (Lipinski definition) is 3. The van der Waals surface area contributed by atoms with Gasteiger partial charge in [0.25, 0.3) is 17.7 Å². The lowest BCUT2D eigenvalue weighted by atomic mass is 9.84. The Labute approximate surface area is 341 Å². The van der Waals surface area contributed by atoms with Crippen LogP contribution < -0.4 is 20.9 Å². The second-order valence-electron chi connectivity index (χ2n) is 16.5. The first-order valence-corrected chi connectivity index (χ1v) is 20.9. The summed E-state index contributed by atoms with van der Waals surface area (Å²) in [5.74, 6) is -0.968. The van der Waals surface area contributed by atoms with Crippen molar-refractivity contribution in [3.05, 3.63) is 71.2 Å². The number of amides is 5. The summed E-state index contributed by atoms with van der Waals surface area (Å²) < 4.78 is 1.64. The zero-order valence-electron chi connectivity index (χ0n) is 32.9. The fourth-order valence-electron chi connectivity index (χ4n) is 9.41. The maximum atomic E-state index is 13.8. The number of hydrogen-bond acceptors (Lipinski definition) is 12. The van der Waals surface area contributed by atoms with E-state index in [-0.39, 0.29) is 30.8 Å². The molecule has 4 aromatic rings. The molecule has 5 amide bonds. The Morgan fingerprint density at radius 1 is 0.847 bits per heavy atom. The minimum Gasteiger partial charge on any atom is -0.382 e. The van der Waals surface area contributed by atoms with Gasteiger partial charge in [-0.25, -0.2) is 9.97 Å². The molecule has 0 spiro atoms. The van der Waals surface area contributed by atoms with E-state index in [1.54, 1.807) is 35.3 Å². The van der Waals surface area contributed by atoms with Crippen LogP contribution in [0, 0.1) is 17.2 Å². The number of carbonyl (C=O) groups excluding carboxylic acids is 5. The second-order valence-corrected chi connectivity index (χ2v) is 16.5. The van der Waals surface area contributed by atoms with Crippen molar-refractivity contribution in [2.45, 2.75) is 88.8 Å². The molecule has 3 aromatic heterocycles. The third-order valence-corrected chi connectivity index (χ3v) is 12.8. The van der Waals surface area contributed by atoms with E-state index in [1.165, 1.54) is 6.20 Å². The Kier molecular flexibility index (Phi) is 10.5. The number of nitriles is 1. The second kappa shape index (κ2) is 16.2. The highest BCUT2D eigenvalue weighted by Gasteiger charge is 2.45. The van der Waals surface area contributed by atoms with Crippen LogP contribution in [0.2, 0.25) is 0 Å². The number of aromatic nitrogens is 4. The van der Waals surface area contributed by atoms with Crippen LogP contribution in [0.3, 0.4) is 0 Å². The van der Waals surface area contributed by atoms with Crippen molar-refractivity contribution in [2.24, 2.45) is 5.92 Å². The predicted molar refractivity (Wildman–Crippen MR) is 217 cm³/mol. The molecule has 59 heavy (non-hydrogen) atoms. The largest absolute Gasteiger partial charge is 0.382 e. The summed E-state index contributed by atoms with van der Waals surface area (Å²) in [5.41, 5.74) is 3.78. The van der Waals surface area contributed by atoms with Crippen molar-refractivity contribution in [2.75, 3.05) is 42.9 Å². The Balaban J connectivity index is 0.758. The molecule has 1 unspecified atom stereocenters. The van der Waals surface area contributed by atoms with Crippen molar-refractivity contribution >= 4 is 51.9 Å². The quantitative estimate of drug-likeness (QED) is 0.196. The minimum atomic E-state index is -0.977. The molecule has 9 rings (SSSR count). The van der Waals surface area contributed by atoms with Crippen molar-refractivity contribution in [3.63, 3.8) is 0 Å². The first kappa shape index (κ1) is 38.3. The number of anilines is 2. The molecule has 16 nitrogen and oxygen atoms in total. The van der Waals surface area contributed by atoms with Crippen molar-refractivity contribution in [1.82, 2.24) is 40.2 Å². The van der Waals surface area contributed by atoms with E-state index in [9.17, 15) is 29.2 Å². The molecule has 2 aliphatic carbocycles. The van der Waals surface area contributed by atoms with Crippen molar-refractivity contribution < 1.29 is 24.0 Å². The summed E-state index contributed by atoms with van der Waals surface area (Å²) in [6.07, 6.45) is 14.5. The Morgan fingerprint density at radius 3 is 2.39 bits per heavy atom. The normalized spacial score (nSPS) is 22.7. The van der Waals surface area contributed by atoms with Crippen LogP contribution in [-0.4, -0.2) is 110 Å². The number of nitrogens with one attached hydrogen (secondary N) is 3. The molecular formula is C43H47N11O5. The number of fused-ring (bicyclic) bond motifs is 2. The van der Waals surface area contributed by atoms with Crippen LogP contribution in [-0.2, 0) is 9.59 Å². The van der Waals surface area contributed by atoms with Crippen LogP contribution in [0.5, 0.6) is 0 Å². The summed E-state index contributed by atoms with van der Waals surface area (Å²) >= 11 is 0. The van der Waals surface area contributed by atoms with E-state index in [2.05, 4.69) is 46.9 Å². The van der Waals surface area contributed by atoms with Gasteiger partial charge in [-0.3, -0.25) is 39.1 Å². The standard InChI is InChI=1S/C43H47N11O5/c44-22-27-19-28-24-47-54(39(28)46-23-27)37-21-35(48-29-3-1-2-4-29)34(25-45-37)40(56)49-30-7-5-26(6-8-30)13-14-51-15-17-52(18-16-51)31-9-10-32-33(20-31)43(59)53(42(32)58)36-11-12-38(55)50-41(36)57/h9-10,19-21,23-26,29-30,36H,1-8,11-18H2,(H,45,48)(H,49,56)(H,50,55,57). The number of carbonyl (C=O) groups is 5. The first-order chi connectivity index (χ1) is 28.7. The first-order valence-electron chi connectivity index (χ1n) is 20.9. The summed E-state index contributed by atoms with van der Waals surface area (Å²) in [6, 6.07) is 10.5. The van der Waals surface area contributed by atoms with Crippen LogP contribution >= 0.6 is 0 Å². The van der Waals surface area contributed by atoms with E-state index in [0.717, 1.165) is 112 Å². The molecule has 3 aliphatic heterocycles. The zero-order valence-corrected chi connectivity index (χ0v) is 32.9. The predicted octanol–water partition coefficient (Wildman–Crippen LogP) is 3.94. The van der Waals surface area contributed by atoms with Gasteiger partial charge in [-0.05, 0) is 88.1 Å². The van der Waals surface area contributed by atoms with Gasteiger partial charge in [0.15, 0.2) is 11.5 Å². The molecule has 4 fully saturated rings. The fraction of sp³-hybridized carbons (Fsp3) is 0.465. The van der Waals surface area contributed by atoms with E-state index in [4.69, 9.17) is 0 Å². The highest BCUT2D eigenvalue weighted by atomic mass is 16.2. The van der Waals surface area contributed by atoms with Crippen LogP contribution in [0.15, 0.2) is 48.9 Å². The lowest BCUT2D eigenvalue weighted by molar-refractivity contribution is -0.136. The Bertz CT molecular complexity index is 2370. The summed E-state index contributed by atoms with van der Waals surface area (Å²) in [4.78, 5) is 79.2. The van der Waals surface area contributed by atoms with E-state index < -0.39 is 29.7 Å². The number of rotatable bonds is 10. The molecule has 6 heterocycles. The van der Waals surface area contributed by atoms with Gasteiger partial charge in [0, 0.05) is 74.2 Å². The average Bonchev–Trinajstić information content (AvgIpc) is 3.99. The third kappa shape index (κ3) is 7.74. The molecule has 304 valence electrons. The Morgan fingerprint density at radius 2 is 1.63 bits per heavy atom. The highest BCUT2D eigenvalue weighted by Crippen LogP contribution is 2.33. The molecule has 5 aliphatic rings. The molecule has 2 saturated heterocycles. The monoisotopic (exact) mass is 797 g/mol. The maximum absolute atomic E-state index is 13.8. The molecule has 2 saturated carbocycles. The lowest BCUT2D eigenvalue weighted by Crippen LogP contribution is -2.54.